The third-order valence-corrected chi connectivity index (χ3v) is 4.51. The van der Waals surface area contributed by atoms with Gasteiger partial charge in [-0.25, -0.2) is 0 Å². The number of hydrogen-bond donors (Lipinski definition) is 1. The zero-order valence-electron chi connectivity index (χ0n) is 13.2. The van der Waals surface area contributed by atoms with E-state index in [2.05, 4.69) is 4.98 Å². The molecule has 0 radical (unpaired) electrons. The Kier molecular flexibility index (Phi) is 3.82. The highest BCUT2D eigenvalue weighted by Gasteiger charge is 2.34. The van der Waals surface area contributed by atoms with Crippen LogP contribution in [-0.2, 0) is 14.3 Å². The molecule has 0 saturated carbocycles. The number of amides is 2. The zero-order valence-corrected chi connectivity index (χ0v) is 13.2. The number of rotatable bonds is 4. The topological polar surface area (TPSA) is 71.6 Å². The number of H-pyrrole nitrogens is 1. The third-order valence-electron chi connectivity index (χ3n) is 4.51. The lowest BCUT2D eigenvalue weighted by molar-refractivity contribution is -0.139. The molecule has 1 saturated heterocycles. The third kappa shape index (κ3) is 2.80. The van der Waals surface area contributed by atoms with Crippen molar-refractivity contribution >= 4 is 22.7 Å². The standard InChI is InChI=1S/C18H18N2O4/c21-17-10-16(18(22)20(17)11-12-4-7-23-8-5-12)24-14-1-2-15-13(9-14)3-6-19-15/h1-3,6,9-10,12,19H,4-5,7-8,11H2. The Morgan fingerprint density at radius 1 is 1.21 bits per heavy atom. The van der Waals surface area contributed by atoms with Crippen molar-refractivity contribution in [3.8, 4) is 5.75 Å². The summed E-state index contributed by atoms with van der Waals surface area (Å²) in [6.07, 6.45) is 4.87. The van der Waals surface area contributed by atoms with E-state index in [9.17, 15) is 9.59 Å². The summed E-state index contributed by atoms with van der Waals surface area (Å²) in [4.78, 5) is 29.0. The van der Waals surface area contributed by atoms with Crippen molar-refractivity contribution in [1.29, 1.82) is 0 Å². The van der Waals surface area contributed by atoms with Crippen molar-refractivity contribution in [3.05, 3.63) is 42.3 Å². The Morgan fingerprint density at radius 3 is 2.88 bits per heavy atom. The van der Waals surface area contributed by atoms with Gasteiger partial charge in [0.15, 0.2) is 5.76 Å². The average molecular weight is 326 g/mol. The Balaban J connectivity index is 1.46. The Hall–Kier alpha value is -2.60. The number of nitrogens with zero attached hydrogens (tertiary/aromatic N) is 1. The maximum Gasteiger partial charge on any atom is 0.296 e. The number of nitrogens with one attached hydrogen (secondary N) is 1. The summed E-state index contributed by atoms with van der Waals surface area (Å²) in [5.74, 6) is 0.268. The summed E-state index contributed by atoms with van der Waals surface area (Å²) in [5, 5.41) is 0.990. The van der Waals surface area contributed by atoms with Crippen molar-refractivity contribution in [2.45, 2.75) is 12.8 Å². The fraction of sp³-hybridized carbons (Fsp3) is 0.333. The molecule has 1 aromatic heterocycles. The SMILES string of the molecule is O=C1C=C(Oc2ccc3[nH]ccc3c2)C(=O)N1CC1CCOCC1. The molecule has 0 spiro atoms. The second-order valence-corrected chi connectivity index (χ2v) is 6.15. The van der Waals surface area contributed by atoms with E-state index in [-0.39, 0.29) is 17.6 Å². The van der Waals surface area contributed by atoms with E-state index in [1.807, 2.05) is 24.4 Å². The molecule has 0 bridgehead atoms. The van der Waals surface area contributed by atoms with Gasteiger partial charge >= 0.3 is 0 Å². The van der Waals surface area contributed by atoms with Gasteiger partial charge in [-0.2, -0.15) is 0 Å². The quantitative estimate of drug-likeness (QED) is 0.875. The van der Waals surface area contributed by atoms with Gasteiger partial charge in [0.1, 0.15) is 5.75 Å². The minimum Gasteiger partial charge on any atom is -0.451 e. The number of aromatic nitrogens is 1. The minimum absolute atomic E-state index is 0.0851. The van der Waals surface area contributed by atoms with Crippen molar-refractivity contribution in [2.24, 2.45) is 5.92 Å². The summed E-state index contributed by atoms with van der Waals surface area (Å²) in [6, 6.07) is 7.42. The molecule has 1 fully saturated rings. The van der Waals surface area contributed by atoms with E-state index >= 15 is 0 Å². The van der Waals surface area contributed by atoms with E-state index < -0.39 is 0 Å². The van der Waals surface area contributed by atoms with Crippen LogP contribution in [0.2, 0.25) is 0 Å². The van der Waals surface area contributed by atoms with Crippen LogP contribution in [0.5, 0.6) is 5.75 Å². The summed E-state index contributed by atoms with van der Waals surface area (Å²) in [7, 11) is 0. The lowest BCUT2D eigenvalue weighted by atomic mass is 10.00. The van der Waals surface area contributed by atoms with Crippen LogP contribution in [0.3, 0.4) is 0 Å². The minimum atomic E-state index is -0.361. The highest BCUT2D eigenvalue weighted by molar-refractivity contribution is 6.15. The molecule has 2 aliphatic rings. The van der Waals surface area contributed by atoms with Gasteiger partial charge in [0.25, 0.3) is 11.8 Å². The molecule has 1 N–H and O–H groups in total. The van der Waals surface area contributed by atoms with Gasteiger partial charge in [-0.05, 0) is 43.0 Å². The summed E-state index contributed by atoms with van der Waals surface area (Å²) in [6.45, 7) is 1.81. The molecular formula is C18H18N2O4. The highest BCUT2D eigenvalue weighted by atomic mass is 16.5. The van der Waals surface area contributed by atoms with Gasteiger partial charge in [-0.15, -0.1) is 0 Å². The first kappa shape index (κ1) is 15.0. The first-order valence-corrected chi connectivity index (χ1v) is 8.11. The number of fused-ring (bicyclic) bond motifs is 1. The molecule has 0 aliphatic carbocycles. The maximum absolute atomic E-state index is 12.5. The molecule has 3 heterocycles. The highest BCUT2D eigenvalue weighted by Crippen LogP contribution is 2.25. The molecule has 2 amide bonds. The van der Waals surface area contributed by atoms with Gasteiger partial charge < -0.3 is 14.5 Å². The molecule has 6 nitrogen and oxygen atoms in total. The largest absolute Gasteiger partial charge is 0.451 e. The van der Waals surface area contributed by atoms with Crippen LogP contribution in [0.15, 0.2) is 42.3 Å². The molecule has 0 atom stereocenters. The summed E-state index contributed by atoms with van der Waals surface area (Å²) < 4.78 is 11.0. The number of hydrogen-bond acceptors (Lipinski definition) is 4. The normalized spacial score (nSPS) is 19.2. The maximum atomic E-state index is 12.5. The van der Waals surface area contributed by atoms with Crippen LogP contribution in [0.1, 0.15) is 12.8 Å². The average Bonchev–Trinajstić information content (AvgIpc) is 3.16. The molecule has 4 rings (SSSR count). The van der Waals surface area contributed by atoms with E-state index in [0.717, 1.165) is 23.7 Å². The number of aromatic amines is 1. The fourth-order valence-electron chi connectivity index (χ4n) is 3.14. The Bertz CT molecular complexity index is 817. The van der Waals surface area contributed by atoms with Crippen LogP contribution in [-0.4, -0.2) is 41.5 Å². The molecule has 2 aromatic rings. The van der Waals surface area contributed by atoms with E-state index in [1.54, 1.807) is 6.07 Å². The van der Waals surface area contributed by atoms with Crippen molar-refractivity contribution in [2.75, 3.05) is 19.8 Å². The van der Waals surface area contributed by atoms with Gasteiger partial charge in [-0.3, -0.25) is 14.5 Å². The van der Waals surface area contributed by atoms with Gasteiger partial charge in [0.05, 0.1) is 6.08 Å². The molecular weight excluding hydrogens is 308 g/mol. The van der Waals surface area contributed by atoms with Crippen LogP contribution in [0, 0.1) is 5.92 Å². The van der Waals surface area contributed by atoms with Crippen LogP contribution in [0.25, 0.3) is 10.9 Å². The van der Waals surface area contributed by atoms with Crippen molar-refractivity contribution < 1.29 is 19.1 Å². The smallest absolute Gasteiger partial charge is 0.296 e. The fourth-order valence-corrected chi connectivity index (χ4v) is 3.14. The van der Waals surface area contributed by atoms with Gasteiger partial charge in [0.2, 0.25) is 0 Å². The molecule has 6 heteroatoms. The van der Waals surface area contributed by atoms with E-state index in [4.69, 9.17) is 9.47 Å². The second kappa shape index (κ2) is 6.13. The van der Waals surface area contributed by atoms with Crippen molar-refractivity contribution in [1.82, 2.24) is 9.88 Å². The van der Waals surface area contributed by atoms with Crippen LogP contribution in [0.4, 0.5) is 0 Å². The lowest BCUT2D eigenvalue weighted by Gasteiger charge is -2.25. The van der Waals surface area contributed by atoms with Gasteiger partial charge in [0, 0.05) is 36.9 Å². The predicted octanol–water partition coefficient (Wildman–Crippen LogP) is 2.23. The Morgan fingerprint density at radius 2 is 2.04 bits per heavy atom. The molecule has 0 unspecified atom stereocenters. The monoisotopic (exact) mass is 326 g/mol. The van der Waals surface area contributed by atoms with Crippen LogP contribution < -0.4 is 4.74 Å². The number of carbonyl (C=O) groups excluding carboxylic acids is 2. The van der Waals surface area contributed by atoms with Crippen LogP contribution >= 0.6 is 0 Å². The second-order valence-electron chi connectivity index (χ2n) is 6.15. The lowest BCUT2D eigenvalue weighted by Crippen LogP contribution is -2.37. The number of benzene rings is 1. The first-order chi connectivity index (χ1) is 11.7. The summed E-state index contributed by atoms with van der Waals surface area (Å²) >= 11 is 0. The number of carbonyl (C=O) groups is 2. The number of ether oxygens (including phenoxy) is 2. The van der Waals surface area contributed by atoms with Gasteiger partial charge in [-0.1, -0.05) is 0 Å². The predicted molar refractivity (Wildman–Crippen MR) is 87.3 cm³/mol. The molecule has 2 aliphatic heterocycles. The number of imide groups is 1. The molecule has 1 aromatic carbocycles. The van der Waals surface area contributed by atoms with Crippen molar-refractivity contribution in [3.63, 3.8) is 0 Å². The molecule has 124 valence electrons. The Labute approximate surface area is 139 Å². The first-order valence-electron chi connectivity index (χ1n) is 8.11. The zero-order chi connectivity index (χ0) is 16.5. The van der Waals surface area contributed by atoms with E-state index in [1.165, 1.54) is 11.0 Å². The van der Waals surface area contributed by atoms with E-state index in [0.29, 0.717) is 31.4 Å². The molecule has 24 heavy (non-hydrogen) atoms. The summed E-state index contributed by atoms with van der Waals surface area (Å²) in [5.41, 5.74) is 0.992.